The molecule has 4 aromatic rings. The lowest BCUT2D eigenvalue weighted by Crippen LogP contribution is -2.08. The number of nitrogens with zero attached hydrogens (tertiary/aromatic N) is 1. The molecule has 0 amide bonds. The number of nitrogens with one attached hydrogen (secondary N) is 1. The van der Waals surface area contributed by atoms with Crippen molar-refractivity contribution in [1.82, 2.24) is 9.97 Å². The quantitative estimate of drug-likeness (QED) is 0.355. The maximum absolute atomic E-state index is 13.3. The maximum Gasteiger partial charge on any atom is 0.260 e. The van der Waals surface area contributed by atoms with Crippen LogP contribution in [0.1, 0.15) is 16.7 Å². The summed E-state index contributed by atoms with van der Waals surface area (Å²) in [6, 6.07) is 12.7. The average molecular weight is 397 g/mol. The molecule has 0 atom stereocenters. The fraction of sp³-hybridized carbons (Fsp3) is 0.143. The van der Waals surface area contributed by atoms with Crippen LogP contribution in [0.3, 0.4) is 0 Å². The number of hydrogen-bond acceptors (Lipinski definition) is 4. The first kappa shape index (κ1) is 17.9. The van der Waals surface area contributed by atoms with Crippen molar-refractivity contribution in [2.45, 2.75) is 24.8 Å². The van der Waals surface area contributed by atoms with Crippen LogP contribution in [0.5, 0.6) is 0 Å². The minimum atomic E-state index is -0.263. The number of benzene rings is 2. The number of thioether (sulfide) groups is 1. The Kier molecular flexibility index (Phi) is 4.85. The smallest absolute Gasteiger partial charge is 0.260 e. The molecule has 1 N–H and O–H groups in total. The first-order valence-corrected chi connectivity index (χ1v) is 10.3. The summed E-state index contributed by atoms with van der Waals surface area (Å²) < 4.78 is 13.3. The Hall–Kier alpha value is -2.44. The third kappa shape index (κ3) is 3.68. The van der Waals surface area contributed by atoms with Gasteiger partial charge in [-0.05, 0) is 48.2 Å². The third-order valence-electron chi connectivity index (χ3n) is 4.50. The molecule has 0 spiro atoms. The molecule has 0 unspecified atom stereocenters. The number of fused-ring (bicyclic) bond motifs is 1. The van der Waals surface area contributed by atoms with E-state index in [1.54, 1.807) is 6.07 Å². The molecule has 2 heterocycles. The van der Waals surface area contributed by atoms with E-state index in [2.05, 4.69) is 35.9 Å². The Labute approximate surface area is 164 Å². The van der Waals surface area contributed by atoms with Gasteiger partial charge in [0.2, 0.25) is 0 Å². The predicted octanol–water partition coefficient (Wildman–Crippen LogP) is 5.70. The average Bonchev–Trinajstić information content (AvgIpc) is 3.07. The Morgan fingerprint density at radius 3 is 2.78 bits per heavy atom. The monoisotopic (exact) mass is 396 g/mol. The molecule has 3 nitrogen and oxygen atoms in total. The first-order valence-electron chi connectivity index (χ1n) is 8.47. The molecule has 136 valence electrons. The summed E-state index contributed by atoms with van der Waals surface area (Å²) in [6.45, 7) is 4.14. The molecule has 0 bridgehead atoms. The molecular formula is C21H17FN2OS2. The van der Waals surface area contributed by atoms with E-state index in [0.29, 0.717) is 21.1 Å². The molecular weight excluding hydrogens is 379 g/mol. The van der Waals surface area contributed by atoms with Gasteiger partial charge in [-0.3, -0.25) is 4.79 Å². The molecule has 2 aromatic carbocycles. The van der Waals surface area contributed by atoms with E-state index in [1.165, 1.54) is 46.4 Å². The molecule has 0 saturated heterocycles. The van der Waals surface area contributed by atoms with Gasteiger partial charge in [-0.1, -0.05) is 42.1 Å². The fourth-order valence-corrected chi connectivity index (χ4v) is 4.71. The third-order valence-corrected chi connectivity index (χ3v) is 6.32. The Balaban J connectivity index is 1.67. The number of hydrogen-bond donors (Lipinski definition) is 1. The molecule has 27 heavy (non-hydrogen) atoms. The summed E-state index contributed by atoms with van der Waals surface area (Å²) in [7, 11) is 0. The standard InChI is InChI=1S/C21H17FN2OS2/c1-12-6-7-15(8-13(12)2)17-11-26-20-18(17)19(25)23-21(24-20)27-10-14-4-3-5-16(22)9-14/h3-9,11H,10H2,1-2H3,(H,23,24,25). The van der Waals surface area contributed by atoms with Crippen molar-refractivity contribution >= 4 is 33.3 Å². The van der Waals surface area contributed by atoms with Crippen LogP contribution in [0.15, 0.2) is 57.8 Å². The SMILES string of the molecule is Cc1ccc(-c2csc3nc(SCc4cccc(F)c4)[nH]c(=O)c23)cc1C. The highest BCUT2D eigenvalue weighted by Gasteiger charge is 2.14. The van der Waals surface area contributed by atoms with Gasteiger partial charge in [0.25, 0.3) is 5.56 Å². The van der Waals surface area contributed by atoms with E-state index in [9.17, 15) is 9.18 Å². The molecule has 0 radical (unpaired) electrons. The van der Waals surface area contributed by atoms with Crippen molar-refractivity contribution < 1.29 is 4.39 Å². The zero-order valence-electron chi connectivity index (χ0n) is 14.9. The lowest BCUT2D eigenvalue weighted by atomic mass is 10.0. The zero-order valence-corrected chi connectivity index (χ0v) is 16.5. The van der Waals surface area contributed by atoms with E-state index in [1.807, 2.05) is 17.5 Å². The van der Waals surface area contributed by atoms with Gasteiger partial charge in [-0.2, -0.15) is 0 Å². The maximum atomic E-state index is 13.3. The van der Waals surface area contributed by atoms with Crippen LogP contribution in [-0.2, 0) is 5.75 Å². The van der Waals surface area contributed by atoms with E-state index in [-0.39, 0.29) is 11.4 Å². The molecule has 4 rings (SSSR count). The lowest BCUT2D eigenvalue weighted by Gasteiger charge is -2.05. The zero-order chi connectivity index (χ0) is 19.0. The molecule has 0 aliphatic rings. The highest BCUT2D eigenvalue weighted by Crippen LogP contribution is 2.32. The second-order valence-electron chi connectivity index (χ2n) is 6.42. The van der Waals surface area contributed by atoms with Gasteiger partial charge in [-0.25, -0.2) is 9.37 Å². The van der Waals surface area contributed by atoms with Gasteiger partial charge in [0.15, 0.2) is 5.16 Å². The molecule has 6 heteroatoms. The van der Waals surface area contributed by atoms with Crippen molar-refractivity contribution in [2.75, 3.05) is 0 Å². The van der Waals surface area contributed by atoms with E-state index in [0.717, 1.165) is 16.7 Å². The van der Waals surface area contributed by atoms with Gasteiger partial charge in [0.05, 0.1) is 5.39 Å². The van der Waals surface area contributed by atoms with E-state index < -0.39 is 0 Å². The summed E-state index contributed by atoms with van der Waals surface area (Å²) in [4.78, 5) is 20.9. The summed E-state index contributed by atoms with van der Waals surface area (Å²) in [6.07, 6.45) is 0. The largest absolute Gasteiger partial charge is 0.301 e. The molecule has 0 aliphatic carbocycles. The number of aryl methyl sites for hydroxylation is 2. The first-order chi connectivity index (χ1) is 13.0. The van der Waals surface area contributed by atoms with Crippen LogP contribution in [0.4, 0.5) is 4.39 Å². The second kappa shape index (κ2) is 7.29. The van der Waals surface area contributed by atoms with Crippen molar-refractivity contribution in [3.8, 4) is 11.1 Å². The summed E-state index contributed by atoms with van der Waals surface area (Å²) in [5, 5.41) is 3.15. The molecule has 0 aliphatic heterocycles. The van der Waals surface area contributed by atoms with Crippen molar-refractivity contribution in [3.63, 3.8) is 0 Å². The van der Waals surface area contributed by atoms with Crippen LogP contribution in [0.25, 0.3) is 21.3 Å². The highest BCUT2D eigenvalue weighted by molar-refractivity contribution is 7.98. The number of H-pyrrole nitrogens is 1. The molecule has 0 fully saturated rings. The molecule has 0 saturated carbocycles. The van der Waals surface area contributed by atoms with Crippen LogP contribution >= 0.6 is 23.1 Å². The van der Waals surface area contributed by atoms with Crippen LogP contribution < -0.4 is 5.56 Å². The van der Waals surface area contributed by atoms with Gasteiger partial charge >= 0.3 is 0 Å². The van der Waals surface area contributed by atoms with Crippen molar-refractivity contribution in [1.29, 1.82) is 0 Å². The number of halogens is 1. The summed E-state index contributed by atoms with van der Waals surface area (Å²) in [5.41, 5.74) is 5.06. The van der Waals surface area contributed by atoms with Gasteiger partial charge < -0.3 is 4.98 Å². The van der Waals surface area contributed by atoms with Crippen molar-refractivity contribution in [3.05, 3.63) is 80.7 Å². The summed E-state index contributed by atoms with van der Waals surface area (Å²) >= 11 is 2.86. The van der Waals surface area contributed by atoms with Crippen LogP contribution in [-0.4, -0.2) is 9.97 Å². The van der Waals surface area contributed by atoms with E-state index >= 15 is 0 Å². The minimum Gasteiger partial charge on any atom is -0.301 e. The number of thiophene rings is 1. The van der Waals surface area contributed by atoms with Crippen LogP contribution in [0.2, 0.25) is 0 Å². The molecule has 2 aromatic heterocycles. The second-order valence-corrected chi connectivity index (χ2v) is 8.24. The minimum absolute atomic E-state index is 0.142. The predicted molar refractivity (Wildman–Crippen MR) is 111 cm³/mol. The van der Waals surface area contributed by atoms with Gasteiger partial charge in [0.1, 0.15) is 10.6 Å². The Bertz CT molecular complexity index is 1200. The summed E-state index contributed by atoms with van der Waals surface area (Å²) in [5.74, 6) is 0.281. The number of aromatic nitrogens is 2. The van der Waals surface area contributed by atoms with Gasteiger partial charge in [-0.15, -0.1) is 11.3 Å². The Morgan fingerprint density at radius 1 is 1.15 bits per heavy atom. The lowest BCUT2D eigenvalue weighted by molar-refractivity contribution is 0.626. The van der Waals surface area contributed by atoms with Crippen LogP contribution in [0, 0.1) is 19.7 Å². The normalized spacial score (nSPS) is 11.2. The van der Waals surface area contributed by atoms with Gasteiger partial charge in [0, 0.05) is 16.7 Å². The van der Waals surface area contributed by atoms with Crippen molar-refractivity contribution in [2.24, 2.45) is 0 Å². The number of rotatable bonds is 4. The van der Waals surface area contributed by atoms with E-state index in [4.69, 9.17) is 0 Å². The fourth-order valence-electron chi connectivity index (χ4n) is 2.90. The number of aromatic amines is 1. The highest BCUT2D eigenvalue weighted by atomic mass is 32.2. The topological polar surface area (TPSA) is 45.8 Å². The Morgan fingerprint density at radius 2 is 2.00 bits per heavy atom.